The Morgan fingerprint density at radius 3 is 2.85 bits per heavy atom. The smallest absolute Gasteiger partial charge is 0.265 e. The molecule has 0 aliphatic carbocycles. The zero-order valence-electron chi connectivity index (χ0n) is 11.6. The van der Waals surface area contributed by atoms with Crippen LogP contribution in [0.2, 0.25) is 0 Å². The third-order valence-corrected chi connectivity index (χ3v) is 3.62. The van der Waals surface area contributed by atoms with Crippen LogP contribution < -0.4 is 11.3 Å². The van der Waals surface area contributed by atoms with Gasteiger partial charge in [0.15, 0.2) is 0 Å². The van der Waals surface area contributed by atoms with Crippen molar-refractivity contribution in [3.63, 3.8) is 0 Å². The highest BCUT2D eigenvalue weighted by Crippen LogP contribution is 2.15. The van der Waals surface area contributed by atoms with E-state index in [9.17, 15) is 9.59 Å². The standard InChI is InChI=1S/C15H21N3O2/c16-17-15(20)13-7-5-6-12(10-13)11-18-9-4-2-1-3-8-14(18)19/h5-7,10H,1-4,8-9,11,16H2,(H,17,20). The highest BCUT2D eigenvalue weighted by molar-refractivity contribution is 5.93. The van der Waals surface area contributed by atoms with E-state index in [2.05, 4.69) is 5.43 Å². The number of nitrogens with two attached hydrogens (primary N) is 1. The maximum atomic E-state index is 12.1. The van der Waals surface area contributed by atoms with Crippen molar-refractivity contribution in [3.8, 4) is 0 Å². The Morgan fingerprint density at radius 1 is 1.25 bits per heavy atom. The van der Waals surface area contributed by atoms with Gasteiger partial charge in [-0.05, 0) is 30.5 Å². The zero-order valence-corrected chi connectivity index (χ0v) is 11.6. The fourth-order valence-corrected chi connectivity index (χ4v) is 2.50. The largest absolute Gasteiger partial charge is 0.338 e. The first-order valence-corrected chi connectivity index (χ1v) is 7.08. The molecule has 1 fully saturated rings. The molecule has 0 saturated carbocycles. The first kappa shape index (κ1) is 14.5. The number of nitrogens with zero attached hydrogens (tertiary/aromatic N) is 1. The van der Waals surface area contributed by atoms with Crippen molar-refractivity contribution < 1.29 is 9.59 Å². The predicted octanol–water partition coefficient (Wildman–Crippen LogP) is 1.58. The molecule has 0 radical (unpaired) electrons. The minimum absolute atomic E-state index is 0.207. The number of carbonyl (C=O) groups excluding carboxylic acids is 2. The summed E-state index contributed by atoms with van der Waals surface area (Å²) in [5, 5.41) is 0. The minimum Gasteiger partial charge on any atom is -0.338 e. The first-order chi connectivity index (χ1) is 9.70. The quantitative estimate of drug-likeness (QED) is 0.499. The van der Waals surface area contributed by atoms with E-state index in [4.69, 9.17) is 5.84 Å². The van der Waals surface area contributed by atoms with Gasteiger partial charge in [0.1, 0.15) is 0 Å². The third kappa shape index (κ3) is 3.81. The second-order valence-corrected chi connectivity index (χ2v) is 5.15. The van der Waals surface area contributed by atoms with Gasteiger partial charge in [0, 0.05) is 25.1 Å². The molecule has 0 atom stereocenters. The van der Waals surface area contributed by atoms with E-state index < -0.39 is 0 Å². The van der Waals surface area contributed by atoms with Crippen molar-refractivity contribution in [3.05, 3.63) is 35.4 Å². The Morgan fingerprint density at radius 2 is 2.05 bits per heavy atom. The van der Waals surface area contributed by atoms with Crippen LogP contribution in [0.1, 0.15) is 48.0 Å². The number of hydrogen-bond donors (Lipinski definition) is 2. The molecule has 1 aromatic rings. The zero-order chi connectivity index (χ0) is 14.4. The highest BCUT2D eigenvalue weighted by Gasteiger charge is 2.16. The van der Waals surface area contributed by atoms with Crippen molar-refractivity contribution in [1.82, 2.24) is 10.3 Å². The first-order valence-electron chi connectivity index (χ1n) is 7.08. The summed E-state index contributed by atoms with van der Waals surface area (Å²) in [4.78, 5) is 25.5. The van der Waals surface area contributed by atoms with Crippen LogP contribution in [-0.2, 0) is 11.3 Å². The summed E-state index contributed by atoms with van der Waals surface area (Å²) in [6.07, 6.45) is 4.98. The van der Waals surface area contributed by atoms with E-state index >= 15 is 0 Å². The number of likely N-dealkylation sites (tertiary alicyclic amines) is 1. The van der Waals surface area contributed by atoms with Crippen molar-refractivity contribution in [1.29, 1.82) is 0 Å². The molecule has 108 valence electrons. The number of nitrogens with one attached hydrogen (secondary N) is 1. The molecule has 1 heterocycles. The summed E-state index contributed by atoms with van der Waals surface area (Å²) in [6, 6.07) is 7.24. The van der Waals surface area contributed by atoms with Crippen LogP contribution in [0.25, 0.3) is 0 Å². The van der Waals surface area contributed by atoms with Crippen LogP contribution in [0.3, 0.4) is 0 Å². The Labute approximate surface area is 119 Å². The molecule has 5 heteroatoms. The number of hydrazine groups is 1. The molecule has 5 nitrogen and oxygen atoms in total. The van der Waals surface area contributed by atoms with Gasteiger partial charge < -0.3 is 4.90 Å². The third-order valence-electron chi connectivity index (χ3n) is 3.62. The normalized spacial score (nSPS) is 16.4. The lowest BCUT2D eigenvalue weighted by Gasteiger charge is -2.25. The van der Waals surface area contributed by atoms with Gasteiger partial charge in [-0.25, -0.2) is 5.84 Å². The Hall–Kier alpha value is -1.88. The van der Waals surface area contributed by atoms with Crippen molar-refractivity contribution in [2.45, 2.75) is 38.6 Å². The van der Waals surface area contributed by atoms with E-state index in [-0.39, 0.29) is 11.8 Å². The summed E-state index contributed by atoms with van der Waals surface area (Å²) in [5.74, 6) is 5.03. The van der Waals surface area contributed by atoms with E-state index in [0.29, 0.717) is 18.5 Å². The lowest BCUT2D eigenvalue weighted by Crippen LogP contribution is -2.33. The number of nitrogen functional groups attached to an aromatic ring is 1. The summed E-state index contributed by atoms with van der Waals surface area (Å²) in [7, 11) is 0. The molecule has 1 aromatic carbocycles. The van der Waals surface area contributed by atoms with Gasteiger partial charge in [-0.1, -0.05) is 25.0 Å². The SMILES string of the molecule is NNC(=O)c1cccc(CN2CCCCCCC2=O)c1. The lowest BCUT2D eigenvalue weighted by atomic mass is 10.1. The van der Waals surface area contributed by atoms with Crippen LogP contribution in [0.5, 0.6) is 0 Å². The van der Waals surface area contributed by atoms with Gasteiger partial charge in [0.05, 0.1) is 0 Å². The minimum atomic E-state index is -0.314. The molecule has 0 unspecified atom stereocenters. The maximum Gasteiger partial charge on any atom is 0.265 e. The molecule has 20 heavy (non-hydrogen) atoms. The molecular weight excluding hydrogens is 254 g/mol. The van der Waals surface area contributed by atoms with Crippen molar-refractivity contribution in [2.75, 3.05) is 6.54 Å². The predicted molar refractivity (Wildman–Crippen MR) is 76.6 cm³/mol. The van der Waals surface area contributed by atoms with Crippen LogP contribution in [-0.4, -0.2) is 23.3 Å². The number of benzene rings is 1. The average Bonchev–Trinajstić information content (AvgIpc) is 2.46. The Bertz CT molecular complexity index is 488. The maximum absolute atomic E-state index is 12.1. The Kier molecular flexibility index (Phi) is 5.12. The number of hydrogen-bond acceptors (Lipinski definition) is 3. The van der Waals surface area contributed by atoms with Gasteiger partial charge in [-0.15, -0.1) is 0 Å². The second kappa shape index (κ2) is 7.05. The molecule has 0 bridgehead atoms. The molecule has 3 N–H and O–H groups in total. The molecule has 1 aliphatic rings. The number of carbonyl (C=O) groups is 2. The average molecular weight is 275 g/mol. The summed E-state index contributed by atoms with van der Waals surface area (Å²) in [6.45, 7) is 1.36. The molecule has 1 saturated heterocycles. The topological polar surface area (TPSA) is 75.4 Å². The van der Waals surface area contributed by atoms with Gasteiger partial charge in [0.2, 0.25) is 5.91 Å². The van der Waals surface area contributed by atoms with Gasteiger partial charge in [0.25, 0.3) is 5.91 Å². The van der Waals surface area contributed by atoms with Crippen LogP contribution in [0.4, 0.5) is 0 Å². The van der Waals surface area contributed by atoms with Crippen LogP contribution in [0, 0.1) is 0 Å². The fourth-order valence-electron chi connectivity index (χ4n) is 2.50. The molecule has 0 spiro atoms. The summed E-state index contributed by atoms with van der Waals surface area (Å²) >= 11 is 0. The van der Waals surface area contributed by atoms with E-state index in [1.165, 1.54) is 6.42 Å². The summed E-state index contributed by atoms with van der Waals surface area (Å²) in [5.41, 5.74) is 3.60. The van der Waals surface area contributed by atoms with Crippen molar-refractivity contribution in [2.24, 2.45) is 5.84 Å². The van der Waals surface area contributed by atoms with E-state index in [1.54, 1.807) is 12.1 Å². The monoisotopic (exact) mass is 275 g/mol. The molecule has 1 aliphatic heterocycles. The lowest BCUT2D eigenvalue weighted by molar-refractivity contribution is -0.132. The Balaban J connectivity index is 2.07. The molecule has 0 aromatic heterocycles. The van der Waals surface area contributed by atoms with Crippen LogP contribution in [0.15, 0.2) is 24.3 Å². The summed E-state index contributed by atoms with van der Waals surface area (Å²) < 4.78 is 0. The van der Waals surface area contributed by atoms with Gasteiger partial charge in [-0.2, -0.15) is 0 Å². The molecule has 2 rings (SSSR count). The number of amides is 2. The molecular formula is C15H21N3O2. The van der Waals surface area contributed by atoms with Crippen molar-refractivity contribution >= 4 is 11.8 Å². The highest BCUT2D eigenvalue weighted by atomic mass is 16.2. The fraction of sp³-hybridized carbons (Fsp3) is 0.467. The van der Waals surface area contributed by atoms with Gasteiger partial charge in [-0.3, -0.25) is 15.0 Å². The number of rotatable bonds is 3. The van der Waals surface area contributed by atoms with E-state index in [0.717, 1.165) is 31.4 Å². The second-order valence-electron chi connectivity index (χ2n) is 5.15. The van der Waals surface area contributed by atoms with Crippen LogP contribution >= 0.6 is 0 Å². The molecule has 2 amide bonds. The van der Waals surface area contributed by atoms with E-state index in [1.807, 2.05) is 17.0 Å². The van der Waals surface area contributed by atoms with Gasteiger partial charge >= 0.3 is 0 Å².